The highest BCUT2D eigenvalue weighted by Crippen LogP contribution is 2.46. The Kier molecular flexibility index (Phi) is 7.28. The first-order chi connectivity index (χ1) is 17.1. The van der Waals surface area contributed by atoms with Crippen LogP contribution in [0.4, 0.5) is 13.2 Å². The zero-order valence-corrected chi connectivity index (χ0v) is 20.9. The molecule has 0 radical (unpaired) electrons. The number of fused-ring (bicyclic) bond motifs is 3. The number of alkyl halides is 3. The van der Waals surface area contributed by atoms with E-state index in [2.05, 4.69) is 10.2 Å². The highest BCUT2D eigenvalue weighted by Gasteiger charge is 2.44. The first-order valence-electron chi connectivity index (χ1n) is 11.4. The summed E-state index contributed by atoms with van der Waals surface area (Å²) < 4.78 is 60.0. The molecular weight excluding hydrogens is 499 g/mol. The monoisotopic (exact) mass is 523 g/mol. The summed E-state index contributed by atoms with van der Waals surface area (Å²) in [5.74, 6) is -1.43. The topological polar surface area (TPSA) is 75.5 Å². The number of benzene rings is 2. The molecule has 0 N–H and O–H groups in total. The number of ether oxygens (including phenoxy) is 3. The fourth-order valence-corrected chi connectivity index (χ4v) is 4.68. The molecule has 7 nitrogen and oxygen atoms in total. The first kappa shape index (κ1) is 26.0. The number of methoxy groups -OCH3 is 1. The van der Waals surface area contributed by atoms with Gasteiger partial charge in [0, 0.05) is 16.1 Å². The van der Waals surface area contributed by atoms with Gasteiger partial charge in [-0.3, -0.25) is 9.36 Å². The number of carbonyl (C=O) groups excluding carboxylic acids is 1. The molecule has 4 rings (SSSR count). The normalized spacial score (nSPS) is 17.4. The van der Waals surface area contributed by atoms with Crippen LogP contribution >= 0.6 is 11.6 Å². The lowest BCUT2D eigenvalue weighted by Crippen LogP contribution is -2.18. The van der Waals surface area contributed by atoms with Crippen molar-refractivity contribution < 1.29 is 32.2 Å². The van der Waals surface area contributed by atoms with Crippen LogP contribution in [0.2, 0.25) is 5.02 Å². The number of nitrogens with zero attached hydrogens (tertiary/aromatic N) is 3. The molecule has 0 fully saturated rings. The van der Waals surface area contributed by atoms with E-state index in [0.717, 1.165) is 10.1 Å². The highest BCUT2D eigenvalue weighted by molar-refractivity contribution is 6.30. The highest BCUT2D eigenvalue weighted by atomic mass is 35.5. The second-order valence-corrected chi connectivity index (χ2v) is 8.99. The van der Waals surface area contributed by atoms with Crippen LogP contribution in [0.25, 0.3) is 5.69 Å². The van der Waals surface area contributed by atoms with E-state index in [1.807, 2.05) is 19.9 Å². The molecule has 0 unspecified atom stereocenters. The Morgan fingerprint density at radius 3 is 2.58 bits per heavy atom. The molecule has 0 saturated heterocycles. The molecule has 0 spiro atoms. The van der Waals surface area contributed by atoms with Crippen molar-refractivity contribution in [3.8, 4) is 11.4 Å². The van der Waals surface area contributed by atoms with Crippen LogP contribution in [0.3, 0.4) is 0 Å². The first-order valence-corrected chi connectivity index (χ1v) is 11.7. The van der Waals surface area contributed by atoms with Crippen LogP contribution in [0.1, 0.15) is 73.7 Å². The van der Waals surface area contributed by atoms with Gasteiger partial charge in [0.25, 0.3) is 0 Å². The second kappa shape index (κ2) is 10.1. The van der Waals surface area contributed by atoms with Crippen LogP contribution in [0.15, 0.2) is 36.4 Å². The van der Waals surface area contributed by atoms with E-state index in [1.54, 1.807) is 32.2 Å². The lowest BCUT2D eigenvalue weighted by atomic mass is 9.89. The molecule has 0 bridgehead atoms. The molecule has 0 amide bonds. The number of halogens is 4. The minimum atomic E-state index is -4.81. The Labute approximate surface area is 211 Å². The van der Waals surface area contributed by atoms with E-state index in [4.69, 9.17) is 25.8 Å². The molecule has 11 heteroatoms. The molecule has 1 aliphatic heterocycles. The number of carbonyl (C=O) groups is 1. The van der Waals surface area contributed by atoms with E-state index in [0.29, 0.717) is 21.9 Å². The van der Waals surface area contributed by atoms with Gasteiger partial charge < -0.3 is 14.2 Å². The number of aromatic nitrogens is 3. The maximum Gasteiger partial charge on any atom is 0.452 e. The zero-order chi connectivity index (χ0) is 26.2. The molecule has 36 heavy (non-hydrogen) atoms. The lowest BCUT2D eigenvalue weighted by Gasteiger charge is -2.26. The average Bonchev–Trinajstić information content (AvgIpc) is 3.22. The van der Waals surface area contributed by atoms with Gasteiger partial charge in [0.15, 0.2) is 5.82 Å². The van der Waals surface area contributed by atoms with Crippen molar-refractivity contribution in [2.24, 2.45) is 0 Å². The van der Waals surface area contributed by atoms with Gasteiger partial charge in [-0.05, 0) is 42.7 Å². The molecule has 3 aromatic rings. The third-order valence-electron chi connectivity index (χ3n) is 5.88. The van der Waals surface area contributed by atoms with Crippen LogP contribution in [-0.4, -0.2) is 34.5 Å². The second-order valence-electron chi connectivity index (χ2n) is 8.55. The SMILES string of the molecule is CCOC(=O)C[C@H]1O[C@H](c2cccc(OC)c2C(C)C)c2cc(Cl)ccc2-n2c1nnc2C(F)(F)F. The smallest absolute Gasteiger partial charge is 0.452 e. The van der Waals surface area contributed by atoms with Crippen LogP contribution in [0, 0.1) is 0 Å². The Morgan fingerprint density at radius 2 is 1.94 bits per heavy atom. The van der Waals surface area contributed by atoms with Crippen molar-refractivity contribution >= 4 is 17.6 Å². The maximum absolute atomic E-state index is 14.0. The van der Waals surface area contributed by atoms with Crippen LogP contribution < -0.4 is 4.74 Å². The van der Waals surface area contributed by atoms with E-state index in [1.165, 1.54) is 12.1 Å². The summed E-state index contributed by atoms with van der Waals surface area (Å²) in [5.41, 5.74) is 2.02. The van der Waals surface area contributed by atoms with Crippen molar-refractivity contribution in [2.75, 3.05) is 13.7 Å². The molecule has 2 atom stereocenters. The molecule has 0 aliphatic carbocycles. The van der Waals surface area contributed by atoms with Gasteiger partial charge in [0.1, 0.15) is 18.0 Å². The van der Waals surface area contributed by atoms with E-state index in [-0.39, 0.29) is 30.5 Å². The average molecular weight is 524 g/mol. The summed E-state index contributed by atoms with van der Waals surface area (Å²) in [6.45, 7) is 5.70. The van der Waals surface area contributed by atoms with Crippen molar-refractivity contribution in [1.82, 2.24) is 14.8 Å². The standard InChI is InChI=1S/C25H25ClF3N3O4/c1-5-35-20(33)12-19-23-30-31-24(25(27,28)29)32(23)17-10-9-14(26)11-16(17)22(36-19)15-7-6-8-18(34-4)21(15)13(2)3/h6-11,13,19,22H,5,12H2,1-4H3/t19-,22-/m1/s1. The Morgan fingerprint density at radius 1 is 1.19 bits per heavy atom. The van der Waals surface area contributed by atoms with Crippen LogP contribution in [-0.2, 0) is 20.4 Å². The summed E-state index contributed by atoms with van der Waals surface area (Å²) in [4.78, 5) is 12.5. The number of esters is 1. The van der Waals surface area contributed by atoms with Gasteiger partial charge in [-0.15, -0.1) is 10.2 Å². The maximum atomic E-state index is 14.0. The molecule has 0 saturated carbocycles. The predicted octanol–water partition coefficient (Wildman–Crippen LogP) is 6.19. The Balaban J connectivity index is 2.02. The van der Waals surface area contributed by atoms with E-state index < -0.39 is 30.2 Å². The Bertz CT molecular complexity index is 1280. The Hall–Kier alpha value is -3.11. The van der Waals surface area contributed by atoms with Gasteiger partial charge >= 0.3 is 12.1 Å². The zero-order valence-electron chi connectivity index (χ0n) is 20.1. The van der Waals surface area contributed by atoms with Gasteiger partial charge in [0.2, 0.25) is 5.82 Å². The molecule has 2 heterocycles. The van der Waals surface area contributed by atoms with Gasteiger partial charge in [-0.25, -0.2) is 0 Å². The summed E-state index contributed by atoms with van der Waals surface area (Å²) in [7, 11) is 1.55. The number of hydrogen-bond donors (Lipinski definition) is 0. The summed E-state index contributed by atoms with van der Waals surface area (Å²) in [6.07, 6.45) is -7.25. The van der Waals surface area contributed by atoms with Crippen molar-refractivity contribution in [2.45, 2.75) is 51.5 Å². The minimum Gasteiger partial charge on any atom is -0.496 e. The third kappa shape index (κ3) is 4.79. The molecule has 192 valence electrons. The van der Waals surface area contributed by atoms with Crippen molar-refractivity contribution in [1.29, 1.82) is 0 Å². The molecule has 2 aromatic carbocycles. The molecular formula is C25H25ClF3N3O4. The minimum absolute atomic E-state index is 0.0152. The molecule has 1 aromatic heterocycles. The summed E-state index contributed by atoms with van der Waals surface area (Å²) >= 11 is 6.32. The van der Waals surface area contributed by atoms with Crippen LogP contribution in [0.5, 0.6) is 5.75 Å². The fourth-order valence-electron chi connectivity index (χ4n) is 4.50. The van der Waals surface area contributed by atoms with Gasteiger partial charge in [-0.2, -0.15) is 13.2 Å². The third-order valence-corrected chi connectivity index (χ3v) is 6.11. The van der Waals surface area contributed by atoms with Gasteiger partial charge in [0.05, 0.1) is 25.8 Å². The predicted molar refractivity (Wildman–Crippen MR) is 125 cm³/mol. The summed E-state index contributed by atoms with van der Waals surface area (Å²) in [6, 6.07) is 9.93. The molecule has 1 aliphatic rings. The lowest BCUT2D eigenvalue weighted by molar-refractivity contribution is -0.147. The number of hydrogen-bond acceptors (Lipinski definition) is 6. The van der Waals surface area contributed by atoms with Crippen molar-refractivity contribution in [3.05, 3.63) is 69.8 Å². The van der Waals surface area contributed by atoms with E-state index >= 15 is 0 Å². The number of rotatable bonds is 6. The quantitative estimate of drug-likeness (QED) is 0.359. The summed E-state index contributed by atoms with van der Waals surface area (Å²) in [5, 5.41) is 7.54. The fraction of sp³-hybridized carbons (Fsp3) is 0.400. The largest absolute Gasteiger partial charge is 0.496 e. The van der Waals surface area contributed by atoms with Crippen molar-refractivity contribution in [3.63, 3.8) is 0 Å². The van der Waals surface area contributed by atoms with Gasteiger partial charge in [-0.1, -0.05) is 37.6 Å². The van der Waals surface area contributed by atoms with E-state index in [9.17, 15) is 18.0 Å².